The van der Waals surface area contributed by atoms with Gasteiger partial charge in [-0.25, -0.2) is 4.79 Å². The van der Waals surface area contributed by atoms with Gasteiger partial charge in [-0.1, -0.05) is 12.8 Å². The maximum absolute atomic E-state index is 12.3. The van der Waals surface area contributed by atoms with Crippen molar-refractivity contribution in [1.82, 2.24) is 10.2 Å². The number of urea groups is 1. The second kappa shape index (κ2) is 6.88. The summed E-state index contributed by atoms with van der Waals surface area (Å²) >= 11 is 0. The normalized spacial score (nSPS) is 35.0. The number of nitrogens with two attached hydrogens (primary N) is 1. The molecule has 2 saturated carbocycles. The first-order chi connectivity index (χ1) is 10.6. The largest absolute Gasteiger partial charge is 0.369 e. The standard InChI is InChI=1S/C17H29N3O2/c18-16(21)13-7-5-12(6-8-13)9-19-17(22)20-10-14-3-1-2-4-15(14)11-20/h12-15H,1-11H2,(H2,18,21)(H,19,22)/t12?,13?,14-,15-/m1/s1. The third kappa shape index (κ3) is 3.55. The summed E-state index contributed by atoms with van der Waals surface area (Å²) in [7, 11) is 0. The number of fused-ring (bicyclic) bond motifs is 1. The van der Waals surface area contributed by atoms with Crippen molar-refractivity contribution in [3.05, 3.63) is 0 Å². The van der Waals surface area contributed by atoms with Crippen LogP contribution in [0.2, 0.25) is 0 Å². The molecular formula is C17H29N3O2. The quantitative estimate of drug-likeness (QED) is 0.838. The van der Waals surface area contributed by atoms with Crippen molar-refractivity contribution in [3.63, 3.8) is 0 Å². The summed E-state index contributed by atoms with van der Waals surface area (Å²) < 4.78 is 0. The van der Waals surface area contributed by atoms with Crippen LogP contribution >= 0.6 is 0 Å². The topological polar surface area (TPSA) is 75.4 Å². The minimum atomic E-state index is -0.165. The van der Waals surface area contributed by atoms with Crippen molar-refractivity contribution in [2.75, 3.05) is 19.6 Å². The van der Waals surface area contributed by atoms with E-state index in [1.54, 1.807) is 0 Å². The van der Waals surface area contributed by atoms with Gasteiger partial charge in [0.05, 0.1) is 0 Å². The molecule has 5 heteroatoms. The van der Waals surface area contributed by atoms with Gasteiger partial charge in [0.15, 0.2) is 0 Å². The van der Waals surface area contributed by atoms with E-state index in [2.05, 4.69) is 5.32 Å². The van der Waals surface area contributed by atoms with Crippen LogP contribution in [-0.2, 0) is 4.79 Å². The van der Waals surface area contributed by atoms with Gasteiger partial charge in [-0.15, -0.1) is 0 Å². The minimum Gasteiger partial charge on any atom is -0.369 e. The summed E-state index contributed by atoms with van der Waals surface area (Å²) in [5.41, 5.74) is 5.36. The van der Waals surface area contributed by atoms with Gasteiger partial charge >= 0.3 is 6.03 Å². The summed E-state index contributed by atoms with van der Waals surface area (Å²) in [6.45, 7) is 2.64. The van der Waals surface area contributed by atoms with Crippen molar-refractivity contribution in [2.45, 2.75) is 51.4 Å². The van der Waals surface area contributed by atoms with Gasteiger partial charge < -0.3 is 16.0 Å². The van der Waals surface area contributed by atoms with Crippen LogP contribution in [0.4, 0.5) is 4.79 Å². The number of hydrogen-bond donors (Lipinski definition) is 2. The molecule has 0 radical (unpaired) electrons. The van der Waals surface area contributed by atoms with Gasteiger partial charge in [-0.3, -0.25) is 4.79 Å². The zero-order chi connectivity index (χ0) is 15.5. The summed E-state index contributed by atoms with van der Waals surface area (Å²) in [5.74, 6) is 1.87. The molecule has 2 aliphatic carbocycles. The lowest BCUT2D eigenvalue weighted by Crippen LogP contribution is -2.41. The molecular weight excluding hydrogens is 278 g/mol. The molecule has 1 saturated heterocycles. The van der Waals surface area contributed by atoms with Crippen molar-refractivity contribution < 1.29 is 9.59 Å². The van der Waals surface area contributed by atoms with E-state index in [1.807, 2.05) is 4.90 Å². The highest BCUT2D eigenvalue weighted by atomic mass is 16.2. The van der Waals surface area contributed by atoms with Crippen molar-refractivity contribution in [2.24, 2.45) is 29.4 Å². The van der Waals surface area contributed by atoms with E-state index in [4.69, 9.17) is 5.73 Å². The Morgan fingerprint density at radius 1 is 0.955 bits per heavy atom. The molecule has 2 atom stereocenters. The van der Waals surface area contributed by atoms with Gasteiger partial charge in [0.25, 0.3) is 0 Å². The molecule has 3 rings (SSSR count). The molecule has 0 spiro atoms. The number of primary amides is 1. The third-order valence-electron chi connectivity index (χ3n) is 6.05. The second-order valence-electron chi connectivity index (χ2n) is 7.52. The molecule has 3 N–H and O–H groups in total. The van der Waals surface area contributed by atoms with E-state index in [-0.39, 0.29) is 17.9 Å². The van der Waals surface area contributed by atoms with Crippen LogP contribution in [0.1, 0.15) is 51.4 Å². The summed E-state index contributed by atoms with van der Waals surface area (Å²) in [5, 5.41) is 3.12. The summed E-state index contributed by atoms with van der Waals surface area (Å²) in [4.78, 5) is 25.5. The van der Waals surface area contributed by atoms with Crippen LogP contribution in [0.15, 0.2) is 0 Å². The number of carbonyl (C=O) groups excluding carboxylic acids is 2. The fourth-order valence-corrected chi connectivity index (χ4v) is 4.57. The Morgan fingerprint density at radius 2 is 1.55 bits per heavy atom. The average molecular weight is 307 g/mol. The Bertz CT molecular complexity index is 404. The number of hydrogen-bond acceptors (Lipinski definition) is 2. The Balaban J connectivity index is 1.39. The van der Waals surface area contributed by atoms with Crippen LogP contribution < -0.4 is 11.1 Å². The first kappa shape index (κ1) is 15.6. The number of rotatable bonds is 3. The fourth-order valence-electron chi connectivity index (χ4n) is 4.57. The zero-order valence-electron chi connectivity index (χ0n) is 13.4. The van der Waals surface area contributed by atoms with Crippen LogP contribution in [0.5, 0.6) is 0 Å². The van der Waals surface area contributed by atoms with Crippen LogP contribution in [0, 0.1) is 23.7 Å². The Morgan fingerprint density at radius 3 is 2.09 bits per heavy atom. The molecule has 0 aromatic rings. The predicted octanol–water partition coefficient (Wildman–Crippen LogP) is 2.11. The van der Waals surface area contributed by atoms with Crippen LogP contribution in [0.3, 0.4) is 0 Å². The van der Waals surface area contributed by atoms with Gasteiger partial charge in [0.1, 0.15) is 0 Å². The molecule has 1 aliphatic heterocycles. The molecule has 0 unspecified atom stereocenters. The SMILES string of the molecule is NC(=O)C1CCC(CNC(=O)N2C[C@H]3CCCC[C@@H]3C2)CC1. The van der Waals surface area contributed by atoms with Gasteiger partial charge in [-0.05, 0) is 56.3 Å². The Hall–Kier alpha value is -1.26. The zero-order valence-corrected chi connectivity index (χ0v) is 13.4. The van der Waals surface area contributed by atoms with E-state index >= 15 is 0 Å². The number of likely N-dealkylation sites (tertiary alicyclic amines) is 1. The second-order valence-corrected chi connectivity index (χ2v) is 7.52. The first-order valence-electron chi connectivity index (χ1n) is 8.95. The maximum Gasteiger partial charge on any atom is 0.317 e. The molecule has 5 nitrogen and oxygen atoms in total. The van der Waals surface area contributed by atoms with Crippen LogP contribution in [0.25, 0.3) is 0 Å². The lowest BCUT2D eigenvalue weighted by Gasteiger charge is -2.27. The van der Waals surface area contributed by atoms with E-state index < -0.39 is 0 Å². The molecule has 22 heavy (non-hydrogen) atoms. The smallest absolute Gasteiger partial charge is 0.317 e. The fraction of sp³-hybridized carbons (Fsp3) is 0.882. The predicted molar refractivity (Wildman–Crippen MR) is 85.1 cm³/mol. The number of carbonyl (C=O) groups is 2. The van der Waals surface area contributed by atoms with E-state index in [0.29, 0.717) is 5.92 Å². The van der Waals surface area contributed by atoms with E-state index in [0.717, 1.165) is 57.2 Å². The lowest BCUT2D eigenvalue weighted by molar-refractivity contribution is -0.122. The van der Waals surface area contributed by atoms with Gasteiger partial charge in [0, 0.05) is 25.6 Å². The summed E-state index contributed by atoms with van der Waals surface area (Å²) in [6.07, 6.45) is 9.02. The molecule has 1 heterocycles. The molecule has 0 aromatic carbocycles. The molecule has 0 aromatic heterocycles. The van der Waals surface area contributed by atoms with E-state index in [1.165, 1.54) is 25.7 Å². The molecule has 3 amide bonds. The van der Waals surface area contributed by atoms with Gasteiger partial charge in [-0.2, -0.15) is 0 Å². The van der Waals surface area contributed by atoms with Crippen molar-refractivity contribution in [1.29, 1.82) is 0 Å². The third-order valence-corrected chi connectivity index (χ3v) is 6.05. The number of amides is 3. The van der Waals surface area contributed by atoms with Crippen LogP contribution in [-0.4, -0.2) is 36.5 Å². The van der Waals surface area contributed by atoms with E-state index in [9.17, 15) is 9.59 Å². The average Bonchev–Trinajstić information content (AvgIpc) is 2.97. The molecule has 0 bridgehead atoms. The molecule has 124 valence electrons. The molecule has 3 aliphatic rings. The number of nitrogens with one attached hydrogen (secondary N) is 1. The highest BCUT2D eigenvalue weighted by Crippen LogP contribution is 2.36. The highest BCUT2D eigenvalue weighted by Gasteiger charge is 2.36. The monoisotopic (exact) mass is 307 g/mol. The minimum absolute atomic E-state index is 0.0497. The van der Waals surface area contributed by atoms with Crippen molar-refractivity contribution >= 4 is 11.9 Å². The van der Waals surface area contributed by atoms with Gasteiger partial charge in [0.2, 0.25) is 5.91 Å². The Kier molecular flexibility index (Phi) is 4.89. The first-order valence-corrected chi connectivity index (χ1v) is 8.95. The molecule has 3 fully saturated rings. The maximum atomic E-state index is 12.3. The summed E-state index contributed by atoms with van der Waals surface area (Å²) in [6, 6.07) is 0.117. The number of nitrogens with zero attached hydrogens (tertiary/aromatic N) is 1. The Labute approximate surface area is 133 Å². The lowest BCUT2D eigenvalue weighted by atomic mass is 9.82. The highest BCUT2D eigenvalue weighted by molar-refractivity contribution is 5.76. The van der Waals surface area contributed by atoms with Crippen molar-refractivity contribution in [3.8, 4) is 0 Å².